The Morgan fingerprint density at radius 2 is 2.12 bits per heavy atom. The topological polar surface area (TPSA) is 46.5 Å². The molecule has 1 N–H and O–H groups in total. The van der Waals surface area contributed by atoms with E-state index >= 15 is 0 Å². The summed E-state index contributed by atoms with van der Waals surface area (Å²) in [6, 6.07) is 8.66. The van der Waals surface area contributed by atoms with E-state index in [-0.39, 0.29) is 6.61 Å². The SMILES string of the molecule is C=C(C)[C@H](O)C#CCOC(=O)c1ccccc1. The van der Waals surface area contributed by atoms with Crippen LogP contribution < -0.4 is 0 Å². The Balaban J connectivity index is 2.42. The number of carbonyl (C=O) groups excluding carboxylic acids is 1. The minimum Gasteiger partial charge on any atom is -0.449 e. The number of carbonyl (C=O) groups is 1. The second kappa shape index (κ2) is 6.51. The lowest BCUT2D eigenvalue weighted by Gasteiger charge is -2.01. The Hall–Kier alpha value is -2.05. The molecule has 0 spiro atoms. The first kappa shape index (κ1) is 13.0. The highest BCUT2D eigenvalue weighted by atomic mass is 16.5. The number of ether oxygens (including phenoxy) is 1. The predicted octanol–water partition coefficient (Wildman–Crippen LogP) is 1.78. The van der Waals surface area contributed by atoms with Crippen molar-refractivity contribution in [3.05, 3.63) is 48.0 Å². The third kappa shape index (κ3) is 4.54. The standard InChI is InChI=1S/C14H14O3/c1-11(2)13(15)9-6-10-17-14(16)12-7-4-3-5-8-12/h3-5,7-8,13,15H,1,10H2,2H3/t13-/m1/s1. The number of aliphatic hydroxyl groups excluding tert-OH is 1. The van der Waals surface area contributed by atoms with E-state index in [0.717, 1.165) is 0 Å². The Labute approximate surface area is 101 Å². The van der Waals surface area contributed by atoms with Gasteiger partial charge in [-0.25, -0.2) is 4.79 Å². The number of hydrogen-bond donors (Lipinski definition) is 1. The van der Waals surface area contributed by atoms with Gasteiger partial charge in [0.2, 0.25) is 0 Å². The van der Waals surface area contributed by atoms with Crippen molar-refractivity contribution in [3.8, 4) is 11.8 Å². The van der Waals surface area contributed by atoms with Crippen molar-refractivity contribution >= 4 is 5.97 Å². The van der Waals surface area contributed by atoms with Gasteiger partial charge in [-0.3, -0.25) is 0 Å². The van der Waals surface area contributed by atoms with Crippen LogP contribution in [0, 0.1) is 11.8 Å². The van der Waals surface area contributed by atoms with Crippen LogP contribution in [-0.2, 0) is 4.74 Å². The summed E-state index contributed by atoms with van der Waals surface area (Å²) < 4.78 is 4.90. The Morgan fingerprint density at radius 3 is 2.71 bits per heavy atom. The molecule has 17 heavy (non-hydrogen) atoms. The molecule has 0 aliphatic rings. The first-order chi connectivity index (χ1) is 8.11. The monoisotopic (exact) mass is 230 g/mol. The van der Waals surface area contributed by atoms with E-state index in [1.54, 1.807) is 31.2 Å². The average molecular weight is 230 g/mol. The molecular weight excluding hydrogens is 216 g/mol. The second-order valence-corrected chi connectivity index (χ2v) is 3.51. The lowest BCUT2D eigenvalue weighted by atomic mass is 10.2. The molecule has 0 bridgehead atoms. The molecule has 0 aliphatic carbocycles. The number of esters is 1. The molecule has 0 radical (unpaired) electrons. The summed E-state index contributed by atoms with van der Waals surface area (Å²) in [5.41, 5.74) is 1.04. The summed E-state index contributed by atoms with van der Waals surface area (Å²) in [6.07, 6.45) is -0.870. The smallest absolute Gasteiger partial charge is 0.339 e. The molecular formula is C14H14O3. The molecule has 1 aromatic carbocycles. The fraction of sp³-hybridized carbons (Fsp3) is 0.214. The minimum atomic E-state index is -0.870. The molecule has 3 heteroatoms. The summed E-state index contributed by atoms with van der Waals surface area (Å²) in [5.74, 6) is 4.65. The van der Waals surface area contributed by atoms with Crippen LogP contribution in [-0.4, -0.2) is 23.8 Å². The zero-order valence-electron chi connectivity index (χ0n) is 9.64. The molecule has 0 heterocycles. The van der Waals surface area contributed by atoms with Crippen molar-refractivity contribution in [1.29, 1.82) is 0 Å². The Kier molecular flexibility index (Phi) is 4.99. The van der Waals surface area contributed by atoms with E-state index in [4.69, 9.17) is 4.74 Å². The highest BCUT2D eigenvalue weighted by Crippen LogP contribution is 2.00. The molecule has 88 valence electrons. The van der Waals surface area contributed by atoms with Gasteiger partial charge in [0.05, 0.1) is 5.56 Å². The van der Waals surface area contributed by atoms with Gasteiger partial charge in [-0.2, -0.15) is 0 Å². The third-order valence-electron chi connectivity index (χ3n) is 1.99. The number of aliphatic hydroxyl groups is 1. The van der Waals surface area contributed by atoms with Crippen molar-refractivity contribution in [2.45, 2.75) is 13.0 Å². The molecule has 0 amide bonds. The second-order valence-electron chi connectivity index (χ2n) is 3.51. The van der Waals surface area contributed by atoms with Crippen LogP contribution in [0.15, 0.2) is 42.5 Å². The lowest BCUT2D eigenvalue weighted by molar-refractivity contribution is 0.0556. The number of benzene rings is 1. The predicted molar refractivity (Wildman–Crippen MR) is 65.3 cm³/mol. The van der Waals surface area contributed by atoms with Crippen LogP contribution in [0.1, 0.15) is 17.3 Å². The fourth-order valence-corrected chi connectivity index (χ4v) is 1.02. The highest BCUT2D eigenvalue weighted by Gasteiger charge is 2.04. The molecule has 0 saturated heterocycles. The van der Waals surface area contributed by atoms with E-state index in [9.17, 15) is 9.90 Å². The number of rotatable bonds is 3. The van der Waals surface area contributed by atoms with Gasteiger partial charge in [0.1, 0.15) is 6.10 Å². The van der Waals surface area contributed by atoms with Crippen LogP contribution in [0.25, 0.3) is 0 Å². The first-order valence-electron chi connectivity index (χ1n) is 5.15. The lowest BCUT2D eigenvalue weighted by Crippen LogP contribution is -2.06. The van der Waals surface area contributed by atoms with Gasteiger partial charge in [-0.1, -0.05) is 36.6 Å². The molecule has 1 atom stereocenters. The van der Waals surface area contributed by atoms with Gasteiger partial charge in [0.15, 0.2) is 6.61 Å². The average Bonchev–Trinajstić information content (AvgIpc) is 2.35. The Bertz CT molecular complexity index is 451. The van der Waals surface area contributed by atoms with Crippen molar-refractivity contribution in [1.82, 2.24) is 0 Å². The van der Waals surface area contributed by atoms with Crippen LogP contribution in [0.4, 0.5) is 0 Å². The number of hydrogen-bond acceptors (Lipinski definition) is 3. The van der Waals surface area contributed by atoms with E-state index in [1.807, 2.05) is 6.07 Å². The minimum absolute atomic E-state index is 0.0436. The summed E-state index contributed by atoms with van der Waals surface area (Å²) in [5, 5.41) is 9.30. The zero-order valence-corrected chi connectivity index (χ0v) is 9.64. The van der Waals surface area contributed by atoms with Gasteiger partial charge in [0, 0.05) is 0 Å². The highest BCUT2D eigenvalue weighted by molar-refractivity contribution is 5.89. The molecule has 1 aromatic rings. The maximum absolute atomic E-state index is 11.5. The van der Waals surface area contributed by atoms with Crippen LogP contribution >= 0.6 is 0 Å². The molecule has 0 fully saturated rings. The van der Waals surface area contributed by atoms with E-state index in [1.165, 1.54) is 0 Å². The summed E-state index contributed by atoms with van der Waals surface area (Å²) in [7, 11) is 0. The maximum atomic E-state index is 11.5. The quantitative estimate of drug-likeness (QED) is 0.489. The van der Waals surface area contributed by atoms with Crippen LogP contribution in [0.2, 0.25) is 0 Å². The Morgan fingerprint density at radius 1 is 1.47 bits per heavy atom. The van der Waals surface area contributed by atoms with Crippen molar-refractivity contribution in [2.24, 2.45) is 0 Å². The van der Waals surface area contributed by atoms with Crippen molar-refractivity contribution < 1.29 is 14.6 Å². The molecule has 0 saturated carbocycles. The third-order valence-corrected chi connectivity index (χ3v) is 1.99. The van der Waals surface area contributed by atoms with Gasteiger partial charge >= 0.3 is 5.97 Å². The zero-order chi connectivity index (χ0) is 12.7. The summed E-state index contributed by atoms with van der Waals surface area (Å²) >= 11 is 0. The van der Waals surface area contributed by atoms with E-state index in [0.29, 0.717) is 11.1 Å². The largest absolute Gasteiger partial charge is 0.449 e. The van der Waals surface area contributed by atoms with Gasteiger partial charge in [-0.15, -0.1) is 0 Å². The molecule has 0 aliphatic heterocycles. The molecule has 0 unspecified atom stereocenters. The molecule has 0 aromatic heterocycles. The maximum Gasteiger partial charge on any atom is 0.339 e. The van der Waals surface area contributed by atoms with Gasteiger partial charge < -0.3 is 9.84 Å². The molecule has 3 nitrogen and oxygen atoms in total. The van der Waals surface area contributed by atoms with Gasteiger partial charge in [-0.05, 0) is 24.6 Å². The summed E-state index contributed by atoms with van der Waals surface area (Å²) in [6.45, 7) is 5.19. The van der Waals surface area contributed by atoms with Crippen LogP contribution in [0.3, 0.4) is 0 Å². The van der Waals surface area contributed by atoms with Crippen LogP contribution in [0.5, 0.6) is 0 Å². The van der Waals surface area contributed by atoms with E-state index < -0.39 is 12.1 Å². The fourth-order valence-electron chi connectivity index (χ4n) is 1.02. The molecule has 1 rings (SSSR count). The van der Waals surface area contributed by atoms with Crippen molar-refractivity contribution in [3.63, 3.8) is 0 Å². The normalized spacial score (nSPS) is 10.9. The van der Waals surface area contributed by atoms with Crippen molar-refractivity contribution in [2.75, 3.05) is 6.61 Å². The van der Waals surface area contributed by atoms with E-state index in [2.05, 4.69) is 18.4 Å². The van der Waals surface area contributed by atoms with Gasteiger partial charge in [0.25, 0.3) is 0 Å². The first-order valence-corrected chi connectivity index (χ1v) is 5.15. The summed E-state index contributed by atoms with van der Waals surface area (Å²) in [4.78, 5) is 11.5.